The molecule has 0 fully saturated rings. The van der Waals surface area contributed by atoms with Gasteiger partial charge in [-0.15, -0.1) is 0 Å². The zero-order valence-electron chi connectivity index (χ0n) is 19.7. The molecule has 1 aromatic heterocycles. The molecule has 1 aliphatic rings. The zero-order chi connectivity index (χ0) is 23.2. The van der Waals surface area contributed by atoms with Gasteiger partial charge in [0, 0.05) is 31.4 Å². The van der Waals surface area contributed by atoms with Crippen molar-refractivity contribution in [1.29, 1.82) is 0 Å². The highest BCUT2D eigenvalue weighted by Crippen LogP contribution is 2.23. The van der Waals surface area contributed by atoms with Crippen molar-refractivity contribution in [2.75, 3.05) is 26.2 Å². The van der Waals surface area contributed by atoms with Crippen LogP contribution in [0.1, 0.15) is 35.6 Å². The minimum absolute atomic E-state index is 0.0447. The molecule has 0 radical (unpaired) electrons. The summed E-state index contributed by atoms with van der Waals surface area (Å²) in [4.78, 5) is 14.6. The molecule has 2 heterocycles. The number of amides is 1. The van der Waals surface area contributed by atoms with Crippen molar-refractivity contribution in [3.8, 4) is 11.4 Å². The molecule has 0 saturated carbocycles. The van der Waals surface area contributed by atoms with Gasteiger partial charge in [0.25, 0.3) is 0 Å². The van der Waals surface area contributed by atoms with E-state index >= 15 is 0 Å². The average molecular weight is 445 g/mol. The number of rotatable bonds is 8. The number of carbonyl (C=O) groups is 1. The molecule has 1 N–H and O–H groups in total. The predicted octanol–water partition coefficient (Wildman–Crippen LogP) is 4.29. The van der Waals surface area contributed by atoms with Crippen LogP contribution < -0.4 is 10.1 Å². The summed E-state index contributed by atoms with van der Waals surface area (Å²) in [6.45, 7) is 9.41. The van der Waals surface area contributed by atoms with Crippen LogP contribution in [-0.4, -0.2) is 46.8 Å². The summed E-state index contributed by atoms with van der Waals surface area (Å²) < 4.78 is 7.39. The largest absolute Gasteiger partial charge is 0.494 e. The van der Waals surface area contributed by atoms with Crippen LogP contribution >= 0.6 is 0 Å². The molecule has 172 valence electrons. The van der Waals surface area contributed by atoms with E-state index in [2.05, 4.69) is 59.6 Å². The minimum Gasteiger partial charge on any atom is -0.494 e. The van der Waals surface area contributed by atoms with Gasteiger partial charge in [-0.25, -0.2) is 4.68 Å². The normalized spacial score (nSPS) is 14.1. The maximum absolute atomic E-state index is 12.4. The second kappa shape index (κ2) is 10.5. The predicted molar refractivity (Wildman–Crippen MR) is 132 cm³/mol. The highest BCUT2D eigenvalue weighted by Gasteiger charge is 2.17. The Balaban J connectivity index is 1.27. The van der Waals surface area contributed by atoms with Crippen molar-refractivity contribution in [3.63, 3.8) is 0 Å². The van der Waals surface area contributed by atoms with Gasteiger partial charge in [-0.3, -0.25) is 9.69 Å². The van der Waals surface area contributed by atoms with Crippen molar-refractivity contribution >= 4 is 11.5 Å². The summed E-state index contributed by atoms with van der Waals surface area (Å²) in [5, 5.41) is 7.57. The second-order valence-corrected chi connectivity index (χ2v) is 8.51. The highest BCUT2D eigenvalue weighted by atomic mass is 16.5. The van der Waals surface area contributed by atoms with Crippen LogP contribution in [-0.2, 0) is 11.3 Å². The first kappa shape index (κ1) is 22.8. The molecule has 0 bridgehead atoms. The Morgan fingerprint density at radius 2 is 1.94 bits per heavy atom. The molecule has 4 rings (SSSR count). The first-order valence-corrected chi connectivity index (χ1v) is 11.5. The van der Waals surface area contributed by atoms with Crippen molar-refractivity contribution in [2.24, 2.45) is 0 Å². The third kappa shape index (κ3) is 5.90. The fourth-order valence-corrected chi connectivity index (χ4v) is 3.94. The highest BCUT2D eigenvalue weighted by molar-refractivity contribution is 5.78. The third-order valence-corrected chi connectivity index (χ3v) is 6.09. The number of nitrogens with zero attached hydrogens (tertiary/aromatic N) is 3. The van der Waals surface area contributed by atoms with Crippen LogP contribution in [0, 0.1) is 13.8 Å². The molecule has 1 aliphatic heterocycles. The standard InChI is InChI=1S/C27H32N4O2/c1-4-33-26-9-6-22(7-10-26)16-28-27(32)19-30-13-11-23(12-14-30)24-17-29-31(18-24)25-8-5-20(2)21(3)15-25/h5-11,15,17-18H,4,12-14,16,19H2,1-3H3,(H,28,32). The molecule has 0 aliphatic carbocycles. The summed E-state index contributed by atoms with van der Waals surface area (Å²) in [5.41, 5.74) is 7.12. The van der Waals surface area contributed by atoms with Crippen molar-refractivity contribution in [3.05, 3.63) is 83.2 Å². The molecule has 6 heteroatoms. The van der Waals surface area contributed by atoms with Gasteiger partial charge in [-0.1, -0.05) is 24.3 Å². The second-order valence-electron chi connectivity index (χ2n) is 8.51. The van der Waals surface area contributed by atoms with E-state index in [1.807, 2.05) is 42.1 Å². The van der Waals surface area contributed by atoms with Crippen LogP contribution in [0.4, 0.5) is 0 Å². The van der Waals surface area contributed by atoms with Gasteiger partial charge in [0.05, 0.1) is 25.0 Å². The molecular weight excluding hydrogens is 412 g/mol. The first-order chi connectivity index (χ1) is 16.0. The van der Waals surface area contributed by atoms with Gasteiger partial charge in [0.2, 0.25) is 5.91 Å². The number of aromatic nitrogens is 2. The molecule has 1 amide bonds. The Hall–Kier alpha value is -3.38. The first-order valence-electron chi connectivity index (χ1n) is 11.5. The minimum atomic E-state index is 0.0447. The van der Waals surface area contributed by atoms with Crippen molar-refractivity contribution < 1.29 is 9.53 Å². The maximum Gasteiger partial charge on any atom is 0.234 e. The lowest BCUT2D eigenvalue weighted by Gasteiger charge is -2.25. The maximum atomic E-state index is 12.4. The van der Waals surface area contributed by atoms with E-state index in [9.17, 15) is 4.79 Å². The van der Waals surface area contributed by atoms with E-state index in [4.69, 9.17) is 4.74 Å². The summed E-state index contributed by atoms with van der Waals surface area (Å²) in [5.74, 6) is 0.895. The third-order valence-electron chi connectivity index (χ3n) is 6.09. The van der Waals surface area contributed by atoms with Gasteiger partial charge in [0.1, 0.15) is 5.75 Å². The van der Waals surface area contributed by atoms with Crippen LogP contribution in [0.2, 0.25) is 0 Å². The summed E-state index contributed by atoms with van der Waals surface area (Å²) in [7, 11) is 0. The Morgan fingerprint density at radius 3 is 2.64 bits per heavy atom. The van der Waals surface area contributed by atoms with Crippen LogP contribution in [0.25, 0.3) is 11.3 Å². The van der Waals surface area contributed by atoms with Crippen LogP contribution in [0.5, 0.6) is 5.75 Å². The fourth-order valence-electron chi connectivity index (χ4n) is 3.94. The lowest BCUT2D eigenvalue weighted by molar-refractivity contribution is -0.122. The van der Waals surface area contributed by atoms with E-state index in [-0.39, 0.29) is 5.91 Å². The Bertz CT molecular complexity index is 1130. The molecule has 6 nitrogen and oxygen atoms in total. The average Bonchev–Trinajstić information content (AvgIpc) is 3.31. The summed E-state index contributed by atoms with van der Waals surface area (Å²) in [6.07, 6.45) is 7.14. The lowest BCUT2D eigenvalue weighted by Crippen LogP contribution is -2.39. The van der Waals surface area contributed by atoms with Crippen molar-refractivity contribution in [1.82, 2.24) is 20.0 Å². The van der Waals surface area contributed by atoms with Gasteiger partial charge in [-0.05, 0) is 73.7 Å². The molecule has 3 aromatic rings. The Labute approximate surface area is 195 Å². The molecular formula is C27H32N4O2. The van der Waals surface area contributed by atoms with Crippen LogP contribution in [0.3, 0.4) is 0 Å². The number of ether oxygens (including phenoxy) is 1. The number of carbonyl (C=O) groups excluding carboxylic acids is 1. The smallest absolute Gasteiger partial charge is 0.234 e. The van der Waals surface area contributed by atoms with E-state index < -0.39 is 0 Å². The Kier molecular flexibility index (Phi) is 7.25. The number of hydrogen-bond acceptors (Lipinski definition) is 4. The fraction of sp³-hybridized carbons (Fsp3) is 0.333. The van der Waals surface area contributed by atoms with E-state index in [1.54, 1.807) is 0 Å². The molecule has 0 atom stereocenters. The monoisotopic (exact) mass is 444 g/mol. The molecule has 2 aromatic carbocycles. The summed E-state index contributed by atoms with van der Waals surface area (Å²) in [6, 6.07) is 14.2. The molecule has 0 spiro atoms. The summed E-state index contributed by atoms with van der Waals surface area (Å²) >= 11 is 0. The van der Waals surface area contributed by atoms with E-state index in [1.165, 1.54) is 16.7 Å². The topological polar surface area (TPSA) is 59.4 Å². The number of aryl methyl sites for hydroxylation is 2. The van der Waals surface area contributed by atoms with Gasteiger partial charge in [-0.2, -0.15) is 5.10 Å². The lowest BCUT2D eigenvalue weighted by atomic mass is 10.0. The van der Waals surface area contributed by atoms with Crippen molar-refractivity contribution in [2.45, 2.75) is 33.7 Å². The number of benzene rings is 2. The zero-order valence-corrected chi connectivity index (χ0v) is 19.7. The van der Waals surface area contributed by atoms with Gasteiger partial charge >= 0.3 is 0 Å². The van der Waals surface area contributed by atoms with Gasteiger partial charge in [0.15, 0.2) is 0 Å². The quantitative estimate of drug-likeness (QED) is 0.563. The van der Waals surface area contributed by atoms with E-state index in [0.717, 1.165) is 42.1 Å². The van der Waals surface area contributed by atoms with Gasteiger partial charge < -0.3 is 10.1 Å². The number of hydrogen-bond donors (Lipinski definition) is 1. The number of nitrogens with one attached hydrogen (secondary N) is 1. The van der Waals surface area contributed by atoms with E-state index in [0.29, 0.717) is 19.7 Å². The molecule has 33 heavy (non-hydrogen) atoms. The van der Waals surface area contributed by atoms with Crippen LogP contribution in [0.15, 0.2) is 60.9 Å². The molecule has 0 saturated heterocycles. The SMILES string of the molecule is CCOc1ccc(CNC(=O)CN2CC=C(c3cnn(-c4ccc(C)c(C)c4)c3)CC2)cc1. The molecule has 0 unspecified atom stereocenters. The Morgan fingerprint density at radius 1 is 1.12 bits per heavy atom.